The van der Waals surface area contributed by atoms with Crippen molar-refractivity contribution >= 4 is 16.1 Å². The van der Waals surface area contributed by atoms with Crippen LogP contribution in [0.2, 0.25) is 39.3 Å². The molecule has 0 aliphatic heterocycles. The molecule has 0 nitrogen and oxygen atoms in total. The maximum absolute atomic E-state index is 3.46. The molecule has 0 amide bonds. The number of hydrogen-bond donors (Lipinski definition) is 0. The van der Waals surface area contributed by atoms with Gasteiger partial charge in [-0.1, -0.05) is 51.1 Å². The fourth-order valence-electron chi connectivity index (χ4n) is 1.58. The Kier molecular flexibility index (Phi) is 5.08. The van der Waals surface area contributed by atoms with Crippen LogP contribution >= 0.6 is 0 Å². The number of hydrogen-bond acceptors (Lipinski definition) is 0. The lowest BCUT2D eigenvalue weighted by Gasteiger charge is -2.08. The first kappa shape index (κ1) is 16.8. The van der Waals surface area contributed by atoms with Gasteiger partial charge in [0.15, 0.2) is 0 Å². The van der Waals surface area contributed by atoms with Gasteiger partial charge < -0.3 is 0 Å². The van der Waals surface area contributed by atoms with E-state index >= 15 is 0 Å². The molecule has 0 bridgehead atoms. The van der Waals surface area contributed by atoms with Gasteiger partial charge in [0.1, 0.15) is 16.1 Å². The lowest BCUT2D eigenvalue weighted by atomic mass is 10.0. The molecule has 0 saturated carbocycles. The van der Waals surface area contributed by atoms with E-state index in [0.717, 1.165) is 11.1 Å². The summed E-state index contributed by atoms with van der Waals surface area (Å²) in [6, 6.07) is 4.34. The minimum atomic E-state index is -1.34. The lowest BCUT2D eigenvalue weighted by Crippen LogP contribution is -2.16. The fraction of sp³-hybridized carbons (Fsp3) is 0.444. The number of rotatable bonds is 0. The van der Waals surface area contributed by atoms with Gasteiger partial charge in [-0.15, -0.1) is 11.1 Å². The summed E-state index contributed by atoms with van der Waals surface area (Å²) in [5, 5.41) is 0. The molecule has 106 valence electrons. The first-order valence-electron chi connectivity index (χ1n) is 7.15. The van der Waals surface area contributed by atoms with Crippen LogP contribution in [-0.2, 0) is 0 Å². The Morgan fingerprint density at radius 2 is 1.25 bits per heavy atom. The summed E-state index contributed by atoms with van der Waals surface area (Å²) < 4.78 is 0. The molecule has 1 aromatic carbocycles. The minimum Gasteiger partial charge on any atom is -0.127 e. The van der Waals surface area contributed by atoms with Crippen LogP contribution in [-0.4, -0.2) is 16.1 Å². The van der Waals surface area contributed by atoms with Crippen molar-refractivity contribution in [3.63, 3.8) is 0 Å². The molecule has 0 aliphatic carbocycles. The largest absolute Gasteiger partial charge is 0.129 e. The molecule has 0 spiro atoms. The molecule has 0 fully saturated rings. The van der Waals surface area contributed by atoms with Gasteiger partial charge in [0.2, 0.25) is 0 Å². The Labute approximate surface area is 127 Å². The van der Waals surface area contributed by atoms with Crippen LogP contribution in [0.4, 0.5) is 0 Å². The van der Waals surface area contributed by atoms with Gasteiger partial charge in [-0.25, -0.2) is 0 Å². The predicted molar refractivity (Wildman–Crippen MR) is 96.4 cm³/mol. The predicted octanol–water partition coefficient (Wildman–Crippen LogP) is 4.76. The molecular weight excluding hydrogens is 272 g/mol. The van der Waals surface area contributed by atoms with E-state index < -0.39 is 16.1 Å². The molecule has 1 aromatic rings. The van der Waals surface area contributed by atoms with E-state index in [9.17, 15) is 0 Å². The molecule has 0 heterocycles. The highest BCUT2D eigenvalue weighted by atomic mass is 28.3. The highest BCUT2D eigenvalue weighted by Crippen LogP contribution is 2.16. The van der Waals surface area contributed by atoms with Crippen LogP contribution in [0.1, 0.15) is 22.3 Å². The second-order valence-electron chi connectivity index (χ2n) is 7.47. The Bertz CT molecular complexity index is 618. The summed E-state index contributed by atoms with van der Waals surface area (Å²) in [6.45, 7) is 17.9. The van der Waals surface area contributed by atoms with Gasteiger partial charge in [0.05, 0.1) is 0 Å². The van der Waals surface area contributed by atoms with Crippen LogP contribution < -0.4 is 0 Å². The van der Waals surface area contributed by atoms with E-state index in [1.54, 1.807) is 0 Å². The Hall–Kier alpha value is -1.23. The van der Waals surface area contributed by atoms with E-state index in [-0.39, 0.29) is 0 Å². The van der Waals surface area contributed by atoms with E-state index in [2.05, 4.69) is 88.2 Å². The minimum absolute atomic E-state index is 1.11. The van der Waals surface area contributed by atoms with Crippen molar-refractivity contribution in [1.82, 2.24) is 0 Å². The maximum Gasteiger partial charge on any atom is 0.129 e. The zero-order valence-electron chi connectivity index (χ0n) is 14.2. The van der Waals surface area contributed by atoms with Crippen LogP contribution in [0.3, 0.4) is 0 Å². The first-order chi connectivity index (χ1) is 8.98. The zero-order valence-corrected chi connectivity index (χ0v) is 16.2. The topological polar surface area (TPSA) is 0 Å². The van der Waals surface area contributed by atoms with Crippen molar-refractivity contribution in [3.05, 3.63) is 34.4 Å². The van der Waals surface area contributed by atoms with Gasteiger partial charge in [-0.2, -0.15) is 0 Å². The molecule has 0 atom stereocenters. The summed E-state index contributed by atoms with van der Waals surface area (Å²) in [5.74, 6) is 6.73. The Morgan fingerprint density at radius 1 is 0.750 bits per heavy atom. The van der Waals surface area contributed by atoms with E-state index in [4.69, 9.17) is 0 Å². The third kappa shape index (κ3) is 5.82. The molecule has 0 unspecified atom stereocenters. The van der Waals surface area contributed by atoms with Crippen molar-refractivity contribution in [2.75, 3.05) is 0 Å². The molecule has 0 aliphatic rings. The summed E-state index contributed by atoms with van der Waals surface area (Å²) in [7, 11) is -2.66. The monoisotopic (exact) mass is 298 g/mol. The molecule has 0 radical (unpaired) electrons. The second kappa shape index (κ2) is 6.04. The van der Waals surface area contributed by atoms with Crippen molar-refractivity contribution < 1.29 is 0 Å². The van der Waals surface area contributed by atoms with E-state index in [0.29, 0.717) is 0 Å². The average Bonchev–Trinajstić information content (AvgIpc) is 2.26. The quantitative estimate of drug-likeness (QED) is 0.478. The molecular formula is C18H26Si2. The maximum atomic E-state index is 3.46. The third-order valence-electron chi connectivity index (χ3n) is 2.82. The molecule has 0 aromatic heterocycles. The number of benzene rings is 1. The SMILES string of the molecule is Cc1cc(C#C[Si](C)(C)C)cc(C#C[Si](C)(C)C)c1C. The molecule has 20 heavy (non-hydrogen) atoms. The normalized spacial score (nSPS) is 11.2. The van der Waals surface area contributed by atoms with Gasteiger partial charge in [0, 0.05) is 11.1 Å². The smallest absolute Gasteiger partial charge is 0.127 e. The van der Waals surface area contributed by atoms with Crippen LogP contribution in [0, 0.1) is 36.8 Å². The van der Waals surface area contributed by atoms with Crippen molar-refractivity contribution in [1.29, 1.82) is 0 Å². The van der Waals surface area contributed by atoms with Gasteiger partial charge in [0.25, 0.3) is 0 Å². The Morgan fingerprint density at radius 3 is 1.75 bits per heavy atom. The van der Waals surface area contributed by atoms with Gasteiger partial charge in [-0.05, 0) is 37.1 Å². The van der Waals surface area contributed by atoms with Gasteiger partial charge in [-0.3, -0.25) is 0 Å². The first-order valence-corrected chi connectivity index (χ1v) is 14.2. The van der Waals surface area contributed by atoms with Crippen LogP contribution in [0.5, 0.6) is 0 Å². The third-order valence-corrected chi connectivity index (χ3v) is 4.57. The van der Waals surface area contributed by atoms with Crippen molar-refractivity contribution in [2.45, 2.75) is 53.1 Å². The summed E-state index contributed by atoms with van der Waals surface area (Å²) in [6.07, 6.45) is 0. The Balaban J connectivity index is 3.29. The highest BCUT2D eigenvalue weighted by molar-refractivity contribution is 6.84. The van der Waals surface area contributed by atoms with Crippen LogP contribution in [0.25, 0.3) is 0 Å². The summed E-state index contributed by atoms with van der Waals surface area (Å²) in [4.78, 5) is 0. The summed E-state index contributed by atoms with van der Waals surface area (Å²) in [5.41, 5.74) is 11.7. The van der Waals surface area contributed by atoms with Crippen molar-refractivity contribution in [3.8, 4) is 22.9 Å². The number of aryl methyl sites for hydroxylation is 1. The molecule has 2 heteroatoms. The highest BCUT2D eigenvalue weighted by Gasteiger charge is 2.09. The average molecular weight is 299 g/mol. The van der Waals surface area contributed by atoms with Gasteiger partial charge >= 0.3 is 0 Å². The molecule has 0 saturated heterocycles. The second-order valence-corrected chi connectivity index (χ2v) is 17.0. The van der Waals surface area contributed by atoms with Crippen LogP contribution in [0.15, 0.2) is 12.1 Å². The fourth-order valence-corrected chi connectivity index (χ4v) is 2.60. The zero-order chi connectivity index (χ0) is 15.6. The molecule has 1 rings (SSSR count). The summed E-state index contributed by atoms with van der Waals surface area (Å²) >= 11 is 0. The molecule has 0 N–H and O–H groups in total. The van der Waals surface area contributed by atoms with E-state index in [1.807, 2.05) is 0 Å². The standard InChI is InChI=1S/C18H26Si2/c1-15-13-17(9-11-19(3,4)5)14-18(16(15)2)10-12-20(6,7)8/h13-14H,1-8H3. The van der Waals surface area contributed by atoms with Crippen molar-refractivity contribution in [2.24, 2.45) is 0 Å². The lowest BCUT2D eigenvalue weighted by molar-refractivity contribution is 1.31. The van der Waals surface area contributed by atoms with E-state index in [1.165, 1.54) is 11.1 Å².